The molecule has 1 aliphatic rings. The third kappa shape index (κ3) is 3.39. The molecule has 0 atom stereocenters. The highest BCUT2D eigenvalue weighted by molar-refractivity contribution is 9.10. The summed E-state index contributed by atoms with van der Waals surface area (Å²) < 4.78 is 27.4. The summed E-state index contributed by atoms with van der Waals surface area (Å²) in [5, 5.41) is 3.10. The van der Waals surface area contributed by atoms with Gasteiger partial charge in [-0.05, 0) is 60.3 Å². The van der Waals surface area contributed by atoms with Gasteiger partial charge in [0.1, 0.15) is 11.6 Å². The number of hydrogen-bond acceptors (Lipinski definition) is 1. The highest BCUT2D eigenvalue weighted by Gasteiger charge is 2.11. The second-order valence-corrected chi connectivity index (χ2v) is 5.36. The van der Waals surface area contributed by atoms with Gasteiger partial charge in [0.15, 0.2) is 0 Å². The van der Waals surface area contributed by atoms with Crippen molar-refractivity contribution in [1.82, 2.24) is 5.32 Å². The van der Waals surface area contributed by atoms with Gasteiger partial charge in [0.25, 0.3) is 0 Å². The lowest BCUT2D eigenvalue weighted by atomic mass is 10.1. The van der Waals surface area contributed by atoms with Crippen molar-refractivity contribution in [3.8, 4) is 0 Å². The fraction of sp³-hybridized carbons (Fsp3) is 0.429. The van der Waals surface area contributed by atoms with Crippen LogP contribution in [0.1, 0.15) is 31.2 Å². The number of hydrogen-bond donors (Lipinski definition) is 1. The zero-order chi connectivity index (χ0) is 13.0. The van der Waals surface area contributed by atoms with Gasteiger partial charge < -0.3 is 5.32 Å². The zero-order valence-corrected chi connectivity index (χ0v) is 11.7. The van der Waals surface area contributed by atoms with Crippen LogP contribution in [0.15, 0.2) is 28.3 Å². The van der Waals surface area contributed by atoms with Crippen molar-refractivity contribution in [3.05, 3.63) is 45.5 Å². The normalized spacial score (nSPS) is 14.9. The maximum atomic E-state index is 13.7. The van der Waals surface area contributed by atoms with E-state index in [-0.39, 0.29) is 12.1 Å². The van der Waals surface area contributed by atoms with Crippen LogP contribution in [0.2, 0.25) is 0 Å². The summed E-state index contributed by atoms with van der Waals surface area (Å²) in [6.45, 7) is 0.988. The van der Waals surface area contributed by atoms with Crippen molar-refractivity contribution < 1.29 is 8.78 Å². The molecule has 2 rings (SSSR count). The molecule has 0 fully saturated rings. The summed E-state index contributed by atoms with van der Waals surface area (Å²) >= 11 is 3.06. The minimum absolute atomic E-state index is 0.102. The van der Waals surface area contributed by atoms with E-state index in [1.54, 1.807) is 0 Å². The Bertz CT molecular complexity index is 457. The van der Waals surface area contributed by atoms with Crippen LogP contribution in [0.25, 0.3) is 0 Å². The molecule has 0 radical (unpaired) electrons. The Morgan fingerprint density at radius 1 is 1.28 bits per heavy atom. The first kappa shape index (κ1) is 13.7. The van der Waals surface area contributed by atoms with Gasteiger partial charge in [-0.15, -0.1) is 0 Å². The molecule has 4 heteroatoms. The molecule has 1 aliphatic carbocycles. The molecule has 0 saturated carbocycles. The molecule has 0 aliphatic heterocycles. The van der Waals surface area contributed by atoms with Crippen molar-refractivity contribution >= 4 is 15.9 Å². The summed E-state index contributed by atoms with van der Waals surface area (Å²) in [4.78, 5) is 0. The van der Waals surface area contributed by atoms with Crippen LogP contribution in [0, 0.1) is 11.6 Å². The molecular weight excluding hydrogens is 300 g/mol. The zero-order valence-electron chi connectivity index (χ0n) is 10.1. The minimum Gasteiger partial charge on any atom is -0.312 e. The number of nitrogens with one attached hydrogen (secondary N) is 1. The summed E-state index contributed by atoms with van der Waals surface area (Å²) in [6, 6.07) is 2.67. The van der Waals surface area contributed by atoms with Gasteiger partial charge in [-0.2, -0.15) is 0 Å². The number of halogens is 3. The van der Waals surface area contributed by atoms with Gasteiger partial charge in [0, 0.05) is 12.1 Å². The van der Waals surface area contributed by atoms with Gasteiger partial charge in [0.2, 0.25) is 0 Å². The Morgan fingerprint density at radius 3 is 2.83 bits per heavy atom. The topological polar surface area (TPSA) is 12.0 Å². The maximum absolute atomic E-state index is 13.7. The van der Waals surface area contributed by atoms with E-state index in [2.05, 4.69) is 27.3 Å². The van der Waals surface area contributed by atoms with Gasteiger partial charge >= 0.3 is 0 Å². The van der Waals surface area contributed by atoms with E-state index in [0.717, 1.165) is 13.0 Å². The van der Waals surface area contributed by atoms with Crippen LogP contribution in [0.3, 0.4) is 0 Å². The van der Waals surface area contributed by atoms with E-state index in [1.165, 1.54) is 37.0 Å². The van der Waals surface area contributed by atoms with Crippen molar-refractivity contribution in [2.24, 2.45) is 0 Å². The van der Waals surface area contributed by atoms with Gasteiger partial charge in [0.05, 0.1) is 4.47 Å². The molecule has 0 unspecified atom stereocenters. The fourth-order valence-corrected chi connectivity index (χ4v) is 2.53. The lowest BCUT2D eigenvalue weighted by Crippen LogP contribution is -2.17. The predicted octanol–water partition coefficient (Wildman–Crippen LogP) is 4.32. The molecule has 0 amide bonds. The summed E-state index contributed by atoms with van der Waals surface area (Å²) in [5.74, 6) is -1.01. The fourth-order valence-electron chi connectivity index (χ4n) is 2.16. The van der Waals surface area contributed by atoms with Gasteiger partial charge in [-0.25, -0.2) is 8.78 Å². The molecule has 1 aromatic carbocycles. The molecule has 0 heterocycles. The third-order valence-corrected chi connectivity index (χ3v) is 3.81. The first-order valence-electron chi connectivity index (χ1n) is 6.19. The Hall–Kier alpha value is -0.740. The van der Waals surface area contributed by atoms with Crippen molar-refractivity contribution in [1.29, 1.82) is 0 Å². The van der Waals surface area contributed by atoms with Gasteiger partial charge in [-0.3, -0.25) is 0 Å². The molecule has 0 spiro atoms. The Balaban J connectivity index is 1.84. The SMILES string of the molecule is Fc1ccc(Br)c(F)c1CNCCC1=CCCC1. The van der Waals surface area contributed by atoms with E-state index in [9.17, 15) is 8.78 Å². The van der Waals surface area contributed by atoms with E-state index in [4.69, 9.17) is 0 Å². The first-order valence-corrected chi connectivity index (χ1v) is 6.99. The first-order chi connectivity index (χ1) is 8.68. The highest BCUT2D eigenvalue weighted by Crippen LogP contribution is 2.22. The monoisotopic (exact) mass is 315 g/mol. The van der Waals surface area contributed by atoms with Crippen LogP contribution >= 0.6 is 15.9 Å². The lowest BCUT2D eigenvalue weighted by molar-refractivity contribution is 0.532. The summed E-state index contributed by atoms with van der Waals surface area (Å²) in [7, 11) is 0. The molecular formula is C14H16BrF2N. The number of allylic oxidation sites excluding steroid dienone is 1. The van der Waals surface area contributed by atoms with Crippen LogP contribution in [0.5, 0.6) is 0 Å². The molecule has 1 nitrogen and oxygen atoms in total. The third-order valence-electron chi connectivity index (χ3n) is 3.20. The quantitative estimate of drug-likeness (QED) is 0.485. The number of rotatable bonds is 5. The van der Waals surface area contributed by atoms with Crippen LogP contribution in [0.4, 0.5) is 8.78 Å². The highest BCUT2D eigenvalue weighted by atomic mass is 79.9. The summed E-state index contributed by atoms with van der Waals surface area (Å²) in [6.07, 6.45) is 6.81. The van der Waals surface area contributed by atoms with Crippen molar-refractivity contribution in [2.75, 3.05) is 6.54 Å². The molecule has 0 aromatic heterocycles. The largest absolute Gasteiger partial charge is 0.312 e. The van der Waals surface area contributed by atoms with Crippen molar-refractivity contribution in [3.63, 3.8) is 0 Å². The number of benzene rings is 1. The van der Waals surface area contributed by atoms with Crippen LogP contribution < -0.4 is 5.32 Å². The minimum atomic E-state index is -0.511. The van der Waals surface area contributed by atoms with Crippen LogP contribution in [-0.2, 0) is 6.54 Å². The van der Waals surface area contributed by atoms with E-state index < -0.39 is 11.6 Å². The van der Waals surface area contributed by atoms with E-state index in [0.29, 0.717) is 4.47 Å². The van der Waals surface area contributed by atoms with Crippen LogP contribution in [-0.4, -0.2) is 6.54 Å². The summed E-state index contributed by atoms with van der Waals surface area (Å²) in [5.41, 5.74) is 1.56. The second kappa shape index (κ2) is 6.43. The van der Waals surface area contributed by atoms with Crippen molar-refractivity contribution in [2.45, 2.75) is 32.2 Å². The van der Waals surface area contributed by atoms with E-state index in [1.807, 2.05) is 0 Å². The van der Waals surface area contributed by atoms with Gasteiger partial charge in [-0.1, -0.05) is 11.6 Å². The molecule has 0 saturated heterocycles. The Labute approximate surface area is 114 Å². The average molecular weight is 316 g/mol. The second-order valence-electron chi connectivity index (χ2n) is 4.50. The molecule has 0 bridgehead atoms. The van der Waals surface area contributed by atoms with E-state index >= 15 is 0 Å². The lowest BCUT2D eigenvalue weighted by Gasteiger charge is -2.08. The molecule has 98 valence electrons. The smallest absolute Gasteiger partial charge is 0.144 e. The Kier molecular flexibility index (Phi) is 4.89. The standard InChI is InChI=1S/C14H16BrF2N/c15-12-5-6-13(16)11(14(12)17)9-18-8-7-10-3-1-2-4-10/h3,5-6,18H,1-2,4,7-9H2. The molecule has 1 N–H and O–H groups in total. The maximum Gasteiger partial charge on any atom is 0.144 e. The molecule has 1 aromatic rings. The predicted molar refractivity (Wildman–Crippen MR) is 72.3 cm³/mol. The Morgan fingerprint density at radius 2 is 2.11 bits per heavy atom. The molecule has 18 heavy (non-hydrogen) atoms. The average Bonchev–Trinajstić information content (AvgIpc) is 2.86.